The Morgan fingerprint density at radius 2 is 1.07 bits per heavy atom. The van der Waals surface area contributed by atoms with Crippen LogP contribution in [0.1, 0.15) is 122 Å². The van der Waals surface area contributed by atoms with Crippen LogP contribution >= 0.6 is 11.6 Å². The summed E-state index contributed by atoms with van der Waals surface area (Å²) in [5.74, 6) is 0.0279. The zero-order valence-electron chi connectivity index (χ0n) is 18.1. The Labute approximate surface area is 174 Å². The minimum atomic E-state index is -0.0510. The van der Waals surface area contributed by atoms with Crippen molar-refractivity contribution in [1.29, 1.82) is 0 Å². The van der Waals surface area contributed by atoms with Gasteiger partial charge in [0.15, 0.2) is 0 Å². The first-order chi connectivity index (χ1) is 13.3. The predicted molar refractivity (Wildman–Crippen MR) is 122 cm³/mol. The van der Waals surface area contributed by atoms with Crippen LogP contribution in [0, 0.1) is 0 Å². The normalized spacial score (nSPS) is 11.3. The van der Waals surface area contributed by atoms with Crippen LogP contribution in [-0.4, -0.2) is 18.3 Å². The minimum Gasteiger partial charge on any atom is -0.355 e. The van der Waals surface area contributed by atoms with Gasteiger partial charge in [0.25, 0.3) is 0 Å². The van der Waals surface area contributed by atoms with Crippen LogP contribution in [-0.2, 0) is 4.79 Å². The van der Waals surface area contributed by atoms with Crippen LogP contribution in [0.2, 0.25) is 0 Å². The first kappa shape index (κ1) is 26.5. The standard InChI is InChI=1S/C24H46ClNO/c1-2-3-4-5-6-7-8-9-10-11-12-13-14-15-16-17-18-19-20-21-22-26-24(27)23-25/h9-10H,2-8,11-23H2,1H3,(H,26,27)/b10-9-. The Balaban J connectivity index is 3.08. The lowest BCUT2D eigenvalue weighted by atomic mass is 10.1. The van der Waals surface area contributed by atoms with Crippen molar-refractivity contribution in [3.8, 4) is 0 Å². The highest BCUT2D eigenvalue weighted by atomic mass is 35.5. The molecule has 0 saturated carbocycles. The predicted octanol–water partition coefficient (Wildman–Crippen LogP) is 7.94. The summed E-state index contributed by atoms with van der Waals surface area (Å²) in [6.45, 7) is 3.06. The SMILES string of the molecule is CCCCCCCC/C=C\CCCCCCCCCCCCNC(=O)CCl. The first-order valence-corrected chi connectivity index (χ1v) is 12.3. The molecule has 0 fully saturated rings. The molecule has 2 nitrogen and oxygen atoms in total. The van der Waals surface area contributed by atoms with Crippen LogP contribution in [0.5, 0.6) is 0 Å². The zero-order valence-corrected chi connectivity index (χ0v) is 18.8. The van der Waals surface area contributed by atoms with Gasteiger partial charge >= 0.3 is 0 Å². The fourth-order valence-corrected chi connectivity index (χ4v) is 3.45. The monoisotopic (exact) mass is 399 g/mol. The van der Waals surface area contributed by atoms with Crippen LogP contribution in [0.3, 0.4) is 0 Å². The summed E-state index contributed by atoms with van der Waals surface area (Å²) in [7, 11) is 0. The van der Waals surface area contributed by atoms with Gasteiger partial charge in [0.2, 0.25) is 5.91 Å². The van der Waals surface area contributed by atoms with Gasteiger partial charge in [-0.2, -0.15) is 0 Å². The smallest absolute Gasteiger partial charge is 0.234 e. The quantitative estimate of drug-likeness (QED) is 0.118. The van der Waals surface area contributed by atoms with E-state index in [1.165, 1.54) is 109 Å². The number of amides is 1. The molecule has 27 heavy (non-hydrogen) atoms. The second-order valence-electron chi connectivity index (χ2n) is 7.84. The molecular weight excluding hydrogens is 354 g/mol. The van der Waals surface area contributed by atoms with Gasteiger partial charge in [0.1, 0.15) is 5.88 Å². The number of nitrogens with one attached hydrogen (secondary N) is 1. The molecule has 0 bridgehead atoms. The Bertz CT molecular complexity index is 330. The lowest BCUT2D eigenvalue weighted by Crippen LogP contribution is -2.25. The van der Waals surface area contributed by atoms with E-state index in [0.717, 1.165) is 13.0 Å². The van der Waals surface area contributed by atoms with E-state index in [-0.39, 0.29) is 11.8 Å². The van der Waals surface area contributed by atoms with Gasteiger partial charge in [-0.3, -0.25) is 4.79 Å². The molecule has 0 aromatic carbocycles. The number of rotatable bonds is 21. The van der Waals surface area contributed by atoms with E-state index in [4.69, 9.17) is 11.6 Å². The fraction of sp³-hybridized carbons (Fsp3) is 0.875. The van der Waals surface area contributed by atoms with Gasteiger partial charge in [0, 0.05) is 6.54 Å². The summed E-state index contributed by atoms with van der Waals surface area (Å²) < 4.78 is 0. The molecule has 0 radical (unpaired) electrons. The molecule has 0 atom stereocenters. The molecule has 0 saturated heterocycles. The van der Waals surface area contributed by atoms with Gasteiger partial charge in [-0.25, -0.2) is 0 Å². The molecule has 0 aliphatic rings. The molecule has 0 aliphatic heterocycles. The lowest BCUT2D eigenvalue weighted by molar-refractivity contribution is -0.118. The number of halogens is 1. The lowest BCUT2D eigenvalue weighted by Gasteiger charge is -2.04. The van der Waals surface area contributed by atoms with Crippen molar-refractivity contribution in [3.63, 3.8) is 0 Å². The summed E-state index contributed by atoms with van der Waals surface area (Å²) in [6, 6.07) is 0. The molecule has 1 amide bonds. The molecule has 0 rings (SSSR count). The van der Waals surface area contributed by atoms with Gasteiger partial charge in [-0.1, -0.05) is 103 Å². The molecule has 0 aliphatic carbocycles. The average Bonchev–Trinajstić information content (AvgIpc) is 2.68. The maximum atomic E-state index is 11.0. The first-order valence-electron chi connectivity index (χ1n) is 11.8. The third-order valence-electron chi connectivity index (χ3n) is 5.13. The Hall–Kier alpha value is -0.500. The summed E-state index contributed by atoms with van der Waals surface area (Å²) in [5, 5.41) is 2.82. The van der Waals surface area contributed by atoms with Crippen molar-refractivity contribution in [3.05, 3.63) is 12.2 Å². The number of carbonyl (C=O) groups is 1. The third kappa shape index (κ3) is 23.5. The number of hydrogen-bond donors (Lipinski definition) is 1. The van der Waals surface area contributed by atoms with Crippen LogP contribution in [0.15, 0.2) is 12.2 Å². The molecule has 0 aromatic rings. The molecule has 3 heteroatoms. The number of hydrogen-bond acceptors (Lipinski definition) is 1. The van der Waals surface area contributed by atoms with E-state index in [9.17, 15) is 4.79 Å². The molecule has 0 spiro atoms. The molecule has 160 valence electrons. The summed E-state index contributed by atoms with van der Waals surface area (Å²) in [4.78, 5) is 11.0. The van der Waals surface area contributed by atoms with Gasteiger partial charge in [-0.15, -0.1) is 11.6 Å². The topological polar surface area (TPSA) is 29.1 Å². The zero-order chi connectivity index (χ0) is 19.8. The summed E-state index contributed by atoms with van der Waals surface area (Å²) in [5.41, 5.74) is 0. The van der Waals surface area contributed by atoms with Crippen molar-refractivity contribution in [2.24, 2.45) is 0 Å². The Morgan fingerprint density at radius 1 is 0.667 bits per heavy atom. The minimum absolute atomic E-state index is 0.0510. The average molecular weight is 400 g/mol. The largest absolute Gasteiger partial charge is 0.355 e. The summed E-state index contributed by atoms with van der Waals surface area (Å²) in [6.07, 6.45) is 29.0. The van der Waals surface area contributed by atoms with Crippen LogP contribution in [0.25, 0.3) is 0 Å². The maximum Gasteiger partial charge on any atom is 0.234 e. The molecular formula is C24H46ClNO. The maximum absolute atomic E-state index is 11.0. The Kier molecular flexibility index (Phi) is 23.1. The summed E-state index contributed by atoms with van der Waals surface area (Å²) >= 11 is 5.43. The van der Waals surface area contributed by atoms with Crippen LogP contribution in [0.4, 0.5) is 0 Å². The number of alkyl halides is 1. The van der Waals surface area contributed by atoms with Crippen molar-refractivity contribution < 1.29 is 4.79 Å². The highest BCUT2D eigenvalue weighted by Gasteiger charge is 1.97. The van der Waals surface area contributed by atoms with E-state index in [1.54, 1.807) is 0 Å². The van der Waals surface area contributed by atoms with Crippen molar-refractivity contribution in [2.45, 2.75) is 122 Å². The van der Waals surface area contributed by atoms with Gasteiger partial charge < -0.3 is 5.32 Å². The highest BCUT2D eigenvalue weighted by molar-refractivity contribution is 6.27. The van der Waals surface area contributed by atoms with E-state index in [0.29, 0.717) is 0 Å². The van der Waals surface area contributed by atoms with E-state index in [1.807, 2.05) is 0 Å². The van der Waals surface area contributed by atoms with Crippen LogP contribution < -0.4 is 5.32 Å². The molecule has 1 N–H and O–H groups in total. The van der Waals surface area contributed by atoms with Gasteiger partial charge in [-0.05, 0) is 32.1 Å². The molecule has 0 unspecified atom stereocenters. The number of allylic oxidation sites excluding steroid dienone is 2. The van der Waals surface area contributed by atoms with Crippen molar-refractivity contribution in [1.82, 2.24) is 5.32 Å². The second-order valence-corrected chi connectivity index (χ2v) is 8.10. The van der Waals surface area contributed by atoms with Crippen molar-refractivity contribution in [2.75, 3.05) is 12.4 Å². The highest BCUT2D eigenvalue weighted by Crippen LogP contribution is 2.12. The second kappa shape index (κ2) is 23.5. The third-order valence-corrected chi connectivity index (χ3v) is 5.37. The van der Waals surface area contributed by atoms with E-state index < -0.39 is 0 Å². The number of unbranched alkanes of at least 4 members (excludes halogenated alkanes) is 16. The fourth-order valence-electron chi connectivity index (χ4n) is 3.35. The van der Waals surface area contributed by atoms with Gasteiger partial charge in [0.05, 0.1) is 0 Å². The van der Waals surface area contributed by atoms with E-state index >= 15 is 0 Å². The molecule has 0 aromatic heterocycles. The van der Waals surface area contributed by atoms with E-state index in [2.05, 4.69) is 24.4 Å². The van der Waals surface area contributed by atoms with Crippen molar-refractivity contribution >= 4 is 17.5 Å². The number of carbonyl (C=O) groups excluding carboxylic acids is 1. The molecule has 0 heterocycles. The Morgan fingerprint density at radius 3 is 1.52 bits per heavy atom.